The van der Waals surface area contributed by atoms with Crippen LogP contribution in [0.25, 0.3) is 0 Å². The van der Waals surface area contributed by atoms with E-state index in [-0.39, 0.29) is 11.6 Å². The predicted molar refractivity (Wildman–Crippen MR) is 40.2 cm³/mol. The number of hydrogen-bond acceptors (Lipinski definition) is 2. The number of Topliss-reactive ketones (excluding diaryl/α,β-unsaturated/α-hetero) is 2. The van der Waals surface area contributed by atoms with Gasteiger partial charge in [-0.3, -0.25) is 4.79 Å². The molecule has 0 aliphatic carbocycles. The van der Waals surface area contributed by atoms with Crippen LogP contribution in [0.4, 0.5) is 0 Å². The average Bonchev–Trinajstić information content (AvgIpc) is 1.82. The molecule has 0 heterocycles. The fraction of sp³-hybridized carbons (Fsp3) is 0.714. The fourth-order valence-electron chi connectivity index (χ4n) is 0.533. The van der Waals surface area contributed by atoms with E-state index in [0.717, 1.165) is 0 Å². The molecule has 0 amide bonds. The lowest BCUT2D eigenvalue weighted by atomic mass is 10.1. The molecule has 0 aromatic heterocycles. The maximum absolute atomic E-state index is 10.5. The van der Waals surface area contributed by atoms with Crippen molar-refractivity contribution in [3.05, 3.63) is 0 Å². The molecule has 0 N–H and O–H groups in total. The van der Waals surface area contributed by atoms with Gasteiger partial charge in [0.25, 0.3) is 0 Å². The number of alkyl halides is 1. The Kier molecular flexibility index (Phi) is 4.28. The van der Waals surface area contributed by atoms with Gasteiger partial charge in [0.1, 0.15) is 11.6 Å². The van der Waals surface area contributed by atoms with Gasteiger partial charge in [-0.15, -0.1) is 11.6 Å². The van der Waals surface area contributed by atoms with Crippen LogP contribution in [0.3, 0.4) is 0 Å². The third kappa shape index (κ3) is 4.50. The second-order valence-corrected chi connectivity index (χ2v) is 2.85. The normalized spacial score (nSPS) is 12.7. The summed E-state index contributed by atoms with van der Waals surface area (Å²) in [7, 11) is 0. The lowest BCUT2D eigenvalue weighted by Gasteiger charge is -2.01. The molecule has 0 radical (unpaired) electrons. The van der Waals surface area contributed by atoms with Crippen LogP contribution in [0.15, 0.2) is 0 Å². The molecule has 0 fully saturated rings. The highest BCUT2D eigenvalue weighted by Gasteiger charge is 2.09. The van der Waals surface area contributed by atoms with Crippen molar-refractivity contribution < 1.29 is 9.59 Å². The van der Waals surface area contributed by atoms with Gasteiger partial charge in [-0.1, -0.05) is 0 Å². The number of halogens is 1. The van der Waals surface area contributed by atoms with Gasteiger partial charge in [0.15, 0.2) is 0 Å². The minimum Gasteiger partial charge on any atom is -0.300 e. The van der Waals surface area contributed by atoms with Crippen molar-refractivity contribution in [2.75, 3.05) is 0 Å². The summed E-state index contributed by atoms with van der Waals surface area (Å²) in [4.78, 5) is 20.9. The highest BCUT2D eigenvalue weighted by molar-refractivity contribution is 6.30. The van der Waals surface area contributed by atoms with Crippen molar-refractivity contribution in [2.45, 2.75) is 32.1 Å². The topological polar surface area (TPSA) is 34.1 Å². The van der Waals surface area contributed by atoms with Gasteiger partial charge in [-0.25, -0.2) is 0 Å². The predicted octanol–water partition coefficient (Wildman–Crippen LogP) is 1.55. The number of carbonyl (C=O) groups excluding carboxylic acids is 2. The van der Waals surface area contributed by atoms with Crippen LogP contribution in [0.2, 0.25) is 0 Å². The largest absolute Gasteiger partial charge is 0.300 e. The summed E-state index contributed by atoms with van der Waals surface area (Å²) in [6, 6.07) is 0. The van der Waals surface area contributed by atoms with Crippen LogP contribution in [0.1, 0.15) is 26.7 Å². The van der Waals surface area contributed by atoms with Crippen molar-refractivity contribution in [3.63, 3.8) is 0 Å². The molecular weight excluding hydrogens is 152 g/mol. The first kappa shape index (κ1) is 9.63. The van der Waals surface area contributed by atoms with E-state index in [1.165, 1.54) is 13.8 Å². The lowest BCUT2D eigenvalue weighted by molar-refractivity contribution is -0.118. The van der Waals surface area contributed by atoms with E-state index in [9.17, 15) is 9.59 Å². The smallest absolute Gasteiger partial charge is 0.147 e. The van der Waals surface area contributed by atoms with Crippen molar-refractivity contribution in [2.24, 2.45) is 0 Å². The molecule has 0 spiro atoms. The molecule has 1 unspecified atom stereocenters. The zero-order chi connectivity index (χ0) is 8.15. The highest BCUT2D eigenvalue weighted by Crippen LogP contribution is 2.06. The molecule has 0 saturated carbocycles. The van der Waals surface area contributed by atoms with Crippen LogP contribution >= 0.6 is 11.6 Å². The minimum atomic E-state index is -0.483. The van der Waals surface area contributed by atoms with E-state index in [4.69, 9.17) is 11.6 Å². The summed E-state index contributed by atoms with van der Waals surface area (Å²) in [5, 5.41) is -0.483. The van der Waals surface area contributed by atoms with Gasteiger partial charge in [-0.2, -0.15) is 0 Å². The van der Waals surface area contributed by atoms with Crippen LogP contribution < -0.4 is 0 Å². The molecule has 0 aromatic carbocycles. The van der Waals surface area contributed by atoms with Gasteiger partial charge in [0, 0.05) is 6.42 Å². The summed E-state index contributed by atoms with van der Waals surface area (Å²) >= 11 is 5.56. The van der Waals surface area contributed by atoms with Gasteiger partial charge in [-0.05, 0) is 20.3 Å². The van der Waals surface area contributed by atoms with E-state index in [1.807, 2.05) is 0 Å². The second kappa shape index (κ2) is 4.45. The Morgan fingerprint density at radius 1 is 1.40 bits per heavy atom. The van der Waals surface area contributed by atoms with E-state index >= 15 is 0 Å². The SMILES string of the molecule is CC(=O)CCC(Cl)C(C)=O. The Hall–Kier alpha value is -0.370. The molecule has 2 nitrogen and oxygen atoms in total. The van der Waals surface area contributed by atoms with Crippen molar-refractivity contribution >= 4 is 23.2 Å². The molecule has 58 valence electrons. The maximum atomic E-state index is 10.5. The van der Waals surface area contributed by atoms with Gasteiger partial charge in [0.05, 0.1) is 5.38 Å². The van der Waals surface area contributed by atoms with Crippen molar-refractivity contribution in [1.82, 2.24) is 0 Å². The zero-order valence-electron chi connectivity index (χ0n) is 6.19. The Morgan fingerprint density at radius 2 is 1.90 bits per heavy atom. The first-order valence-electron chi connectivity index (χ1n) is 3.18. The molecule has 3 heteroatoms. The zero-order valence-corrected chi connectivity index (χ0v) is 6.94. The van der Waals surface area contributed by atoms with Gasteiger partial charge < -0.3 is 4.79 Å². The molecule has 1 atom stereocenters. The van der Waals surface area contributed by atoms with Crippen LogP contribution in [0.5, 0.6) is 0 Å². The fourth-order valence-corrected chi connectivity index (χ4v) is 0.642. The molecule has 0 rings (SSSR count). The van der Waals surface area contributed by atoms with Gasteiger partial charge >= 0.3 is 0 Å². The summed E-state index contributed by atoms with van der Waals surface area (Å²) in [6.45, 7) is 2.92. The number of ketones is 2. The van der Waals surface area contributed by atoms with E-state index in [0.29, 0.717) is 12.8 Å². The molecular formula is C7H11ClO2. The van der Waals surface area contributed by atoms with E-state index in [1.54, 1.807) is 0 Å². The number of carbonyl (C=O) groups is 2. The number of rotatable bonds is 4. The summed E-state index contributed by atoms with van der Waals surface area (Å²) in [5.41, 5.74) is 0. The maximum Gasteiger partial charge on any atom is 0.147 e. The van der Waals surface area contributed by atoms with Gasteiger partial charge in [0.2, 0.25) is 0 Å². The first-order chi connectivity index (χ1) is 4.54. The van der Waals surface area contributed by atoms with Crippen molar-refractivity contribution in [3.8, 4) is 0 Å². The summed E-state index contributed by atoms with van der Waals surface area (Å²) in [5.74, 6) is 0.00909. The third-order valence-corrected chi connectivity index (χ3v) is 1.72. The molecule has 10 heavy (non-hydrogen) atoms. The number of hydrogen-bond donors (Lipinski definition) is 0. The Balaban J connectivity index is 3.49. The van der Waals surface area contributed by atoms with Crippen molar-refractivity contribution in [1.29, 1.82) is 0 Å². The third-order valence-electron chi connectivity index (χ3n) is 1.19. The Morgan fingerprint density at radius 3 is 2.20 bits per heavy atom. The molecule has 0 aliphatic heterocycles. The molecule has 0 aliphatic rings. The van der Waals surface area contributed by atoms with E-state index < -0.39 is 5.38 Å². The molecule has 0 saturated heterocycles. The molecule has 0 bridgehead atoms. The first-order valence-corrected chi connectivity index (χ1v) is 3.61. The van der Waals surface area contributed by atoms with Crippen LogP contribution in [-0.4, -0.2) is 16.9 Å². The highest BCUT2D eigenvalue weighted by atomic mass is 35.5. The second-order valence-electron chi connectivity index (χ2n) is 2.32. The standard InChI is InChI=1S/C7H11ClO2/c1-5(9)3-4-7(8)6(2)10/h7H,3-4H2,1-2H3. The Bertz CT molecular complexity index is 143. The summed E-state index contributed by atoms with van der Waals surface area (Å²) < 4.78 is 0. The quantitative estimate of drug-likeness (QED) is 0.588. The molecule has 0 aromatic rings. The summed E-state index contributed by atoms with van der Waals surface area (Å²) in [6.07, 6.45) is 0.861. The Labute approximate surface area is 65.6 Å². The van der Waals surface area contributed by atoms with E-state index in [2.05, 4.69) is 0 Å². The lowest BCUT2D eigenvalue weighted by Crippen LogP contribution is -2.11. The van der Waals surface area contributed by atoms with Crippen LogP contribution in [0, 0.1) is 0 Å². The average molecular weight is 163 g/mol. The monoisotopic (exact) mass is 162 g/mol. The van der Waals surface area contributed by atoms with Crippen LogP contribution in [-0.2, 0) is 9.59 Å². The minimum absolute atomic E-state index is 0.0667.